The zero-order valence-electron chi connectivity index (χ0n) is 20.1. The van der Waals surface area contributed by atoms with E-state index in [-0.39, 0.29) is 28.6 Å². The van der Waals surface area contributed by atoms with Crippen LogP contribution in [-0.4, -0.2) is 80.6 Å². The number of Topliss-reactive ketones (excluding diaryl/α,β-unsaturated/α-hetero) is 1. The van der Waals surface area contributed by atoms with Crippen molar-refractivity contribution < 1.29 is 63.6 Å². The molecule has 13 nitrogen and oxygen atoms in total. The van der Waals surface area contributed by atoms with Crippen LogP contribution in [0.25, 0.3) is 6.08 Å². The second-order valence-corrected chi connectivity index (χ2v) is 8.50. The van der Waals surface area contributed by atoms with E-state index in [2.05, 4.69) is 0 Å². The number of phenols is 3. The molecule has 4 rings (SSSR count). The first-order valence-electron chi connectivity index (χ1n) is 11.3. The summed E-state index contributed by atoms with van der Waals surface area (Å²) in [6.07, 6.45) is -6.40. The molecule has 1 saturated heterocycles. The van der Waals surface area contributed by atoms with Crippen molar-refractivity contribution in [3.63, 3.8) is 0 Å². The third kappa shape index (κ3) is 5.34. The lowest BCUT2D eigenvalue weighted by atomic mass is 9.99. The topological polar surface area (TPSA) is 199 Å². The van der Waals surface area contributed by atoms with Crippen molar-refractivity contribution >= 4 is 23.8 Å². The Balaban J connectivity index is 1.56. The van der Waals surface area contributed by atoms with Gasteiger partial charge in [-0.1, -0.05) is 6.07 Å². The van der Waals surface area contributed by atoms with E-state index in [9.17, 15) is 39.9 Å². The molecular weight excluding hydrogens is 508 g/mol. The van der Waals surface area contributed by atoms with E-state index in [4.69, 9.17) is 23.7 Å². The molecule has 0 radical (unpaired) electrons. The molecule has 0 bridgehead atoms. The highest BCUT2D eigenvalue weighted by molar-refractivity contribution is 6.15. The van der Waals surface area contributed by atoms with Gasteiger partial charge in [-0.3, -0.25) is 14.4 Å². The molecule has 0 unspecified atom stereocenters. The zero-order valence-corrected chi connectivity index (χ0v) is 20.1. The van der Waals surface area contributed by atoms with Crippen molar-refractivity contribution in [1.29, 1.82) is 0 Å². The minimum atomic E-state index is -1.76. The van der Waals surface area contributed by atoms with E-state index in [1.165, 1.54) is 36.4 Å². The summed E-state index contributed by atoms with van der Waals surface area (Å²) < 4.78 is 26.6. The van der Waals surface area contributed by atoms with Gasteiger partial charge in [0.2, 0.25) is 17.8 Å². The molecular formula is C25H24O13. The number of allylic oxidation sites excluding steroid dienone is 1. The van der Waals surface area contributed by atoms with Gasteiger partial charge in [0, 0.05) is 13.8 Å². The summed E-state index contributed by atoms with van der Waals surface area (Å²) in [7, 11) is 0. The lowest BCUT2D eigenvalue weighted by molar-refractivity contribution is -0.282. The minimum absolute atomic E-state index is 0.00287. The first-order chi connectivity index (χ1) is 18.0. The average molecular weight is 532 g/mol. The standard InChI is InChI=1S/C25H24O13/c1-10(26)34-9-18-24(35-11(2)27)21(32)22(33)25(38-18)37-16-6-4-13-19(30)17(36-23(13)20(16)31)8-12-3-5-14(28)15(29)7-12/h3-8,18,21-22,24-25,28-29,31-33H,9H2,1-2H3/t18-,21-,22-,24-,25-/m1/s1. The van der Waals surface area contributed by atoms with Crippen molar-refractivity contribution in [3.8, 4) is 28.7 Å². The lowest BCUT2D eigenvalue weighted by Gasteiger charge is -2.41. The second kappa shape index (κ2) is 10.6. The van der Waals surface area contributed by atoms with Crippen LogP contribution in [0.2, 0.25) is 0 Å². The average Bonchev–Trinajstić information content (AvgIpc) is 3.17. The Kier molecular flexibility index (Phi) is 7.44. The summed E-state index contributed by atoms with van der Waals surface area (Å²) in [5.74, 6) is -4.11. The fourth-order valence-electron chi connectivity index (χ4n) is 3.89. The van der Waals surface area contributed by atoms with Crippen LogP contribution in [0, 0.1) is 0 Å². The molecule has 0 aliphatic carbocycles. The fraction of sp³-hybridized carbons (Fsp3) is 0.320. The molecule has 0 saturated carbocycles. The third-order valence-electron chi connectivity index (χ3n) is 5.71. The van der Waals surface area contributed by atoms with Gasteiger partial charge in [0.1, 0.15) is 24.9 Å². The number of esters is 2. The predicted molar refractivity (Wildman–Crippen MR) is 124 cm³/mol. The van der Waals surface area contributed by atoms with Crippen molar-refractivity contribution in [2.24, 2.45) is 0 Å². The minimum Gasteiger partial charge on any atom is -0.504 e. The molecule has 5 N–H and O–H groups in total. The van der Waals surface area contributed by atoms with E-state index in [1.807, 2.05) is 0 Å². The van der Waals surface area contributed by atoms with E-state index in [0.29, 0.717) is 5.56 Å². The molecule has 0 spiro atoms. The quantitative estimate of drug-likeness (QED) is 0.198. The molecule has 2 aromatic carbocycles. The Hall–Kier alpha value is -4.33. The van der Waals surface area contributed by atoms with Crippen molar-refractivity contribution in [2.45, 2.75) is 44.6 Å². The van der Waals surface area contributed by atoms with Crippen LogP contribution in [-0.2, 0) is 23.8 Å². The van der Waals surface area contributed by atoms with Gasteiger partial charge >= 0.3 is 11.9 Å². The molecule has 5 atom stereocenters. The van der Waals surface area contributed by atoms with E-state index < -0.39 is 66.5 Å². The maximum Gasteiger partial charge on any atom is 0.303 e. The molecule has 0 aromatic heterocycles. The Morgan fingerprint density at radius 2 is 1.74 bits per heavy atom. The molecule has 13 heteroatoms. The van der Waals surface area contributed by atoms with Crippen LogP contribution in [0.15, 0.2) is 36.1 Å². The number of hydrogen-bond donors (Lipinski definition) is 5. The predicted octanol–water partition coefficient (Wildman–Crippen LogP) is 0.740. The number of benzene rings is 2. The molecule has 2 aliphatic heterocycles. The normalized spacial score (nSPS) is 25.4. The van der Waals surface area contributed by atoms with Gasteiger partial charge in [0.25, 0.3) is 0 Å². The summed E-state index contributed by atoms with van der Waals surface area (Å²) in [6.45, 7) is 1.78. The Morgan fingerprint density at radius 3 is 2.39 bits per heavy atom. The van der Waals surface area contributed by atoms with E-state index >= 15 is 0 Å². The van der Waals surface area contributed by atoms with Crippen molar-refractivity contribution in [3.05, 3.63) is 47.2 Å². The first kappa shape index (κ1) is 26.7. The number of ketones is 1. The maximum absolute atomic E-state index is 12.8. The van der Waals surface area contributed by atoms with Crippen LogP contribution in [0.4, 0.5) is 0 Å². The number of aliphatic hydroxyl groups excluding tert-OH is 2. The number of fused-ring (bicyclic) bond motifs is 1. The third-order valence-corrected chi connectivity index (χ3v) is 5.71. The number of carbonyl (C=O) groups excluding carboxylic acids is 3. The summed E-state index contributed by atoms with van der Waals surface area (Å²) in [4.78, 5) is 35.5. The van der Waals surface area contributed by atoms with Gasteiger partial charge < -0.3 is 49.2 Å². The molecule has 38 heavy (non-hydrogen) atoms. The number of rotatable bonds is 6. The molecule has 1 fully saturated rings. The monoisotopic (exact) mass is 532 g/mol. The Bertz CT molecular complexity index is 1300. The molecule has 2 heterocycles. The summed E-state index contributed by atoms with van der Waals surface area (Å²) in [5, 5.41) is 50.9. The van der Waals surface area contributed by atoms with Gasteiger partial charge in [-0.25, -0.2) is 0 Å². The smallest absolute Gasteiger partial charge is 0.303 e. The van der Waals surface area contributed by atoms with E-state index in [1.54, 1.807) is 0 Å². The number of hydrogen-bond acceptors (Lipinski definition) is 13. The lowest BCUT2D eigenvalue weighted by Crippen LogP contribution is -2.61. The highest BCUT2D eigenvalue weighted by Gasteiger charge is 2.48. The number of aliphatic hydroxyl groups is 2. The van der Waals surface area contributed by atoms with Gasteiger partial charge in [0.15, 0.2) is 34.9 Å². The zero-order chi connectivity index (χ0) is 27.7. The SMILES string of the molecule is CC(=O)OC[C@H]1O[C@@H](Oc2ccc3c(c2O)OC(=Cc2ccc(O)c(O)c2)C3=O)[C@H](O)[C@@H](O)[C@@H]1OC(C)=O. The molecule has 2 aliphatic rings. The Labute approximate surface area is 215 Å². The highest BCUT2D eigenvalue weighted by Crippen LogP contribution is 2.45. The van der Waals surface area contributed by atoms with Gasteiger partial charge in [-0.15, -0.1) is 0 Å². The summed E-state index contributed by atoms with van der Waals surface area (Å²) in [5.41, 5.74) is 0.332. The van der Waals surface area contributed by atoms with Gasteiger partial charge in [-0.2, -0.15) is 0 Å². The molecule has 0 amide bonds. The largest absolute Gasteiger partial charge is 0.504 e. The van der Waals surface area contributed by atoms with Gasteiger partial charge in [-0.05, 0) is 35.9 Å². The van der Waals surface area contributed by atoms with Crippen LogP contribution in [0.1, 0.15) is 29.8 Å². The summed E-state index contributed by atoms with van der Waals surface area (Å²) >= 11 is 0. The molecule has 2 aromatic rings. The van der Waals surface area contributed by atoms with Gasteiger partial charge in [0.05, 0.1) is 5.56 Å². The van der Waals surface area contributed by atoms with Crippen LogP contribution in [0.5, 0.6) is 28.7 Å². The van der Waals surface area contributed by atoms with E-state index in [0.717, 1.165) is 13.8 Å². The maximum atomic E-state index is 12.8. The van der Waals surface area contributed by atoms with Crippen LogP contribution in [0.3, 0.4) is 0 Å². The second-order valence-electron chi connectivity index (χ2n) is 8.50. The van der Waals surface area contributed by atoms with Crippen LogP contribution >= 0.6 is 0 Å². The summed E-state index contributed by atoms with van der Waals surface area (Å²) in [6, 6.07) is 6.37. The number of carbonyl (C=O) groups is 3. The number of aromatic hydroxyl groups is 3. The van der Waals surface area contributed by atoms with Crippen molar-refractivity contribution in [2.75, 3.05) is 6.61 Å². The number of phenolic OH excluding ortho intramolecular Hbond substituents is 3. The molecule has 202 valence electrons. The van der Waals surface area contributed by atoms with Crippen LogP contribution < -0.4 is 9.47 Å². The van der Waals surface area contributed by atoms with Crippen molar-refractivity contribution in [1.82, 2.24) is 0 Å². The Morgan fingerprint density at radius 1 is 1.00 bits per heavy atom. The first-order valence-corrected chi connectivity index (χ1v) is 11.3. The highest BCUT2D eigenvalue weighted by atomic mass is 16.7. The number of ether oxygens (including phenoxy) is 5. The fourth-order valence-corrected chi connectivity index (χ4v) is 3.89.